The van der Waals surface area contributed by atoms with Crippen molar-refractivity contribution in [3.05, 3.63) is 17.0 Å². The predicted molar refractivity (Wildman–Crippen MR) is 82.1 cm³/mol. The molecule has 2 aliphatic heterocycles. The number of fused-ring (bicyclic) bond motifs is 3. The second-order valence-electron chi connectivity index (χ2n) is 6.79. The molecule has 1 aromatic heterocycles. The molecule has 5 nitrogen and oxygen atoms in total. The first-order chi connectivity index (χ1) is 11.8. The van der Waals surface area contributed by atoms with E-state index in [0.29, 0.717) is 18.5 Å². The molecular formula is C16H17F3N2O3S. The first-order valence-corrected chi connectivity index (χ1v) is 9.12. The number of nitrogens with zero attached hydrogens (tertiary/aromatic N) is 2. The number of rotatable bonds is 2. The minimum Gasteiger partial charge on any atom is -0.343 e. The van der Waals surface area contributed by atoms with E-state index in [2.05, 4.69) is 9.97 Å². The maximum absolute atomic E-state index is 13.5. The lowest BCUT2D eigenvalue weighted by Crippen LogP contribution is -2.37. The summed E-state index contributed by atoms with van der Waals surface area (Å²) in [6.07, 6.45) is -3.78. The molecular weight excluding hydrogens is 357 g/mol. The highest BCUT2D eigenvalue weighted by Crippen LogP contribution is 2.40. The molecule has 2 fully saturated rings. The van der Waals surface area contributed by atoms with Crippen molar-refractivity contribution >= 4 is 17.5 Å². The Morgan fingerprint density at radius 3 is 2.80 bits per heavy atom. The van der Waals surface area contributed by atoms with Crippen LogP contribution in [0.3, 0.4) is 0 Å². The van der Waals surface area contributed by atoms with Crippen LogP contribution >= 0.6 is 11.8 Å². The number of halogens is 3. The summed E-state index contributed by atoms with van der Waals surface area (Å²) in [5.41, 5.74) is -0.141. The number of Topliss-reactive ketones (excluding diaryl/α,β-unsaturated/α-hetero) is 1. The highest BCUT2D eigenvalue weighted by molar-refractivity contribution is 7.99. The summed E-state index contributed by atoms with van der Waals surface area (Å²) in [6.45, 7) is 2.20. The number of aryl methyl sites for hydroxylation is 1. The number of aromatic nitrogens is 2. The zero-order valence-corrected chi connectivity index (χ0v) is 14.3. The van der Waals surface area contributed by atoms with Crippen molar-refractivity contribution < 1.29 is 27.4 Å². The Hall–Kier alpha value is -1.19. The Morgan fingerprint density at radius 2 is 2.04 bits per heavy atom. The minimum absolute atomic E-state index is 0.0624. The van der Waals surface area contributed by atoms with Crippen LogP contribution in [0.5, 0.6) is 0 Å². The zero-order valence-electron chi connectivity index (χ0n) is 13.5. The molecule has 9 heteroatoms. The Bertz CT molecular complexity index is 713. The van der Waals surface area contributed by atoms with Crippen LogP contribution in [-0.2, 0) is 33.3 Å². The molecule has 2 saturated heterocycles. The Labute approximate surface area is 146 Å². The number of ether oxygens (including phenoxy) is 2. The van der Waals surface area contributed by atoms with Gasteiger partial charge in [-0.05, 0) is 25.2 Å². The van der Waals surface area contributed by atoms with Crippen molar-refractivity contribution in [3.63, 3.8) is 0 Å². The van der Waals surface area contributed by atoms with Gasteiger partial charge >= 0.3 is 6.18 Å². The van der Waals surface area contributed by atoms with Gasteiger partial charge in [0.05, 0.1) is 12.7 Å². The molecule has 1 aliphatic carbocycles. The quantitative estimate of drug-likeness (QED) is 0.742. The third kappa shape index (κ3) is 3.29. The van der Waals surface area contributed by atoms with Crippen LogP contribution in [0, 0.1) is 5.92 Å². The summed E-state index contributed by atoms with van der Waals surface area (Å²) in [4.78, 5) is 20.0. The van der Waals surface area contributed by atoms with E-state index in [1.54, 1.807) is 0 Å². The van der Waals surface area contributed by atoms with Crippen molar-refractivity contribution in [2.24, 2.45) is 5.92 Å². The summed E-state index contributed by atoms with van der Waals surface area (Å²) in [5, 5.41) is -0.264. The Kier molecular flexibility index (Phi) is 4.28. The van der Waals surface area contributed by atoms with Gasteiger partial charge in [-0.3, -0.25) is 4.79 Å². The normalized spacial score (nSPS) is 31.9. The van der Waals surface area contributed by atoms with E-state index < -0.39 is 18.2 Å². The number of thioether (sulfide) groups is 1. The highest BCUT2D eigenvalue weighted by atomic mass is 32.2. The van der Waals surface area contributed by atoms with Gasteiger partial charge in [0.15, 0.2) is 16.6 Å². The van der Waals surface area contributed by atoms with E-state index in [0.717, 1.165) is 18.2 Å². The van der Waals surface area contributed by atoms with Gasteiger partial charge in [-0.2, -0.15) is 13.2 Å². The van der Waals surface area contributed by atoms with Crippen molar-refractivity contribution in [2.45, 2.75) is 61.6 Å². The van der Waals surface area contributed by atoms with Crippen molar-refractivity contribution in [3.8, 4) is 0 Å². The standard InChI is InChI=1S/C16H17F3N2O3S/c1-7-2-3-9-8(4-7)13(16(17,18)19)21-15(20-9)25-12-5-10(22)14-23-6-11(12)24-14/h7,11-12,14H,2-6H2,1H3/t7-,11+,12+,14+/m0/s1. The zero-order chi connectivity index (χ0) is 17.8. The van der Waals surface area contributed by atoms with Crippen LogP contribution < -0.4 is 0 Å². The molecule has 0 saturated carbocycles. The molecule has 0 amide bonds. The van der Waals surface area contributed by atoms with Gasteiger partial charge in [0.2, 0.25) is 6.29 Å². The summed E-state index contributed by atoms with van der Waals surface area (Å²) >= 11 is 1.08. The van der Waals surface area contributed by atoms with Crippen LogP contribution in [0.2, 0.25) is 0 Å². The monoisotopic (exact) mass is 374 g/mol. The number of hydrogen-bond acceptors (Lipinski definition) is 6. The van der Waals surface area contributed by atoms with Crippen molar-refractivity contribution in [1.82, 2.24) is 9.97 Å². The molecule has 3 aliphatic rings. The van der Waals surface area contributed by atoms with Crippen molar-refractivity contribution in [1.29, 1.82) is 0 Å². The van der Waals surface area contributed by atoms with E-state index in [1.807, 2.05) is 6.92 Å². The molecule has 0 N–H and O–H groups in total. The van der Waals surface area contributed by atoms with Gasteiger partial charge in [-0.15, -0.1) is 0 Å². The molecule has 4 rings (SSSR count). The Balaban J connectivity index is 1.65. The van der Waals surface area contributed by atoms with Gasteiger partial charge in [0.25, 0.3) is 0 Å². The molecule has 0 radical (unpaired) electrons. The van der Waals surface area contributed by atoms with Crippen LogP contribution in [0.25, 0.3) is 0 Å². The molecule has 3 heterocycles. The fourth-order valence-corrected chi connectivity index (χ4v) is 4.63. The number of hydrogen-bond donors (Lipinski definition) is 0. The fraction of sp³-hybridized carbons (Fsp3) is 0.688. The topological polar surface area (TPSA) is 61.3 Å². The fourth-order valence-electron chi connectivity index (χ4n) is 3.51. The third-order valence-corrected chi connectivity index (χ3v) is 5.98. The summed E-state index contributed by atoms with van der Waals surface area (Å²) in [5.74, 6) is 0.00159. The maximum Gasteiger partial charge on any atom is 0.433 e. The molecule has 136 valence electrons. The lowest BCUT2D eigenvalue weighted by Gasteiger charge is -2.27. The Morgan fingerprint density at radius 1 is 1.24 bits per heavy atom. The third-order valence-electron chi connectivity index (χ3n) is 4.81. The number of ketones is 1. The summed E-state index contributed by atoms with van der Waals surface area (Å²) in [7, 11) is 0. The number of carbonyl (C=O) groups excluding carboxylic acids is 1. The van der Waals surface area contributed by atoms with E-state index in [4.69, 9.17) is 9.47 Å². The predicted octanol–water partition coefficient (Wildman–Crippen LogP) is 2.80. The first kappa shape index (κ1) is 17.2. The molecule has 0 aromatic carbocycles. The van der Waals surface area contributed by atoms with Crippen LogP contribution in [0.4, 0.5) is 13.2 Å². The number of carbonyl (C=O) groups is 1. The number of alkyl halides is 3. The van der Waals surface area contributed by atoms with Gasteiger partial charge in [-0.25, -0.2) is 9.97 Å². The average Bonchev–Trinajstić information content (AvgIpc) is 2.97. The lowest BCUT2D eigenvalue weighted by atomic mass is 9.87. The van der Waals surface area contributed by atoms with Crippen LogP contribution in [0.15, 0.2) is 5.16 Å². The smallest absolute Gasteiger partial charge is 0.343 e. The van der Waals surface area contributed by atoms with Gasteiger partial charge in [-0.1, -0.05) is 18.7 Å². The van der Waals surface area contributed by atoms with Crippen molar-refractivity contribution in [2.75, 3.05) is 6.61 Å². The maximum atomic E-state index is 13.5. The highest BCUT2D eigenvalue weighted by Gasteiger charge is 2.45. The molecule has 25 heavy (non-hydrogen) atoms. The molecule has 0 spiro atoms. The van der Waals surface area contributed by atoms with Crippen LogP contribution in [-0.4, -0.2) is 40.0 Å². The van der Waals surface area contributed by atoms with Gasteiger partial charge in [0.1, 0.15) is 0 Å². The molecule has 0 unspecified atom stereocenters. The molecule has 4 atom stereocenters. The average molecular weight is 374 g/mol. The molecule has 2 bridgehead atoms. The first-order valence-electron chi connectivity index (χ1n) is 8.24. The minimum atomic E-state index is -4.51. The van der Waals surface area contributed by atoms with E-state index in [9.17, 15) is 18.0 Å². The SMILES string of the molecule is C[C@H]1CCc2nc(S[C@@H]3CC(=O)[C@@H]4OC[C@H]3O4)nc(C(F)(F)F)c2C1. The second-order valence-corrected chi connectivity index (χ2v) is 8.00. The molecule has 1 aromatic rings. The van der Waals surface area contributed by atoms with Gasteiger partial charge in [0, 0.05) is 22.9 Å². The summed E-state index contributed by atoms with van der Waals surface area (Å²) in [6, 6.07) is 0. The van der Waals surface area contributed by atoms with Gasteiger partial charge < -0.3 is 9.47 Å². The summed E-state index contributed by atoms with van der Waals surface area (Å²) < 4.78 is 51.1. The van der Waals surface area contributed by atoms with Crippen LogP contribution in [0.1, 0.15) is 36.7 Å². The van der Waals surface area contributed by atoms with E-state index >= 15 is 0 Å². The lowest BCUT2D eigenvalue weighted by molar-refractivity contribution is -0.151. The second kappa shape index (κ2) is 6.21. The van der Waals surface area contributed by atoms with E-state index in [1.165, 1.54) is 0 Å². The largest absolute Gasteiger partial charge is 0.433 e. The van der Waals surface area contributed by atoms with E-state index in [-0.39, 0.29) is 46.8 Å².